The molecule has 1 amide bonds. The number of aromatic nitrogens is 2. The molecule has 24 heavy (non-hydrogen) atoms. The van der Waals surface area contributed by atoms with Crippen molar-refractivity contribution in [1.82, 2.24) is 19.8 Å². The van der Waals surface area contributed by atoms with Gasteiger partial charge in [-0.3, -0.25) is 14.7 Å². The van der Waals surface area contributed by atoms with Gasteiger partial charge in [0, 0.05) is 39.1 Å². The topological polar surface area (TPSA) is 70.6 Å². The summed E-state index contributed by atoms with van der Waals surface area (Å²) in [5.41, 5.74) is 1.02. The third-order valence-corrected chi connectivity index (χ3v) is 4.82. The van der Waals surface area contributed by atoms with E-state index in [4.69, 9.17) is 4.74 Å². The smallest absolute Gasteiger partial charge is 0.236 e. The number of hydrogen-bond donors (Lipinski definition) is 1. The maximum atomic E-state index is 12.4. The Balaban J connectivity index is 1.53. The Morgan fingerprint density at radius 1 is 1.29 bits per heavy atom. The number of nitrogens with one attached hydrogen (secondary N) is 1. The normalized spacial score (nSPS) is 22.4. The zero-order chi connectivity index (χ0) is 16.8. The minimum Gasteiger partial charge on any atom is -0.378 e. The monoisotopic (exact) mass is 333 g/mol. The van der Waals surface area contributed by atoms with E-state index in [9.17, 15) is 4.79 Å². The van der Waals surface area contributed by atoms with E-state index in [1.54, 1.807) is 12.4 Å². The summed E-state index contributed by atoms with van der Waals surface area (Å²) < 4.78 is 5.32. The molecule has 0 unspecified atom stereocenters. The lowest BCUT2D eigenvalue weighted by molar-refractivity contribution is -0.136. The fourth-order valence-electron chi connectivity index (χ4n) is 3.56. The van der Waals surface area contributed by atoms with Crippen LogP contribution in [0.1, 0.15) is 18.5 Å². The van der Waals surface area contributed by atoms with Gasteiger partial charge in [0.1, 0.15) is 5.82 Å². The summed E-state index contributed by atoms with van der Waals surface area (Å²) in [4.78, 5) is 25.4. The highest BCUT2D eigenvalue weighted by molar-refractivity contribution is 5.78. The van der Waals surface area contributed by atoms with E-state index in [1.165, 1.54) is 6.42 Å². The zero-order valence-corrected chi connectivity index (χ0v) is 14.4. The van der Waals surface area contributed by atoms with Gasteiger partial charge in [0.25, 0.3) is 0 Å². The summed E-state index contributed by atoms with van der Waals surface area (Å²) in [7, 11) is 1.88. The van der Waals surface area contributed by atoms with Crippen LogP contribution in [0.2, 0.25) is 0 Å². The van der Waals surface area contributed by atoms with Crippen molar-refractivity contribution in [1.29, 1.82) is 0 Å². The Morgan fingerprint density at radius 2 is 2.08 bits per heavy atom. The summed E-state index contributed by atoms with van der Waals surface area (Å²) in [6, 6.07) is 0. The van der Waals surface area contributed by atoms with Gasteiger partial charge < -0.3 is 15.0 Å². The molecule has 3 rings (SSSR count). The van der Waals surface area contributed by atoms with E-state index in [-0.39, 0.29) is 5.91 Å². The first-order valence-electron chi connectivity index (χ1n) is 8.82. The molecule has 2 fully saturated rings. The average Bonchev–Trinajstić information content (AvgIpc) is 2.63. The minimum absolute atomic E-state index is 0.231. The second-order valence-electron chi connectivity index (χ2n) is 6.54. The SMILES string of the molecule is CNc1nccnc1C[C@H]1CCCN(CC(=O)N2CCOCC2)C1. The van der Waals surface area contributed by atoms with E-state index < -0.39 is 0 Å². The number of amides is 1. The van der Waals surface area contributed by atoms with Crippen LogP contribution in [0, 0.1) is 5.92 Å². The van der Waals surface area contributed by atoms with Crippen LogP contribution in [-0.4, -0.2) is 78.7 Å². The third kappa shape index (κ3) is 4.42. The Hall–Kier alpha value is -1.73. The summed E-state index contributed by atoms with van der Waals surface area (Å²) in [5.74, 6) is 1.62. The van der Waals surface area contributed by atoms with Crippen LogP contribution >= 0.6 is 0 Å². The van der Waals surface area contributed by atoms with Crippen molar-refractivity contribution in [2.45, 2.75) is 19.3 Å². The molecule has 0 radical (unpaired) electrons. The predicted octanol–water partition coefficient (Wildman–Crippen LogP) is 0.632. The molecule has 2 aliphatic heterocycles. The molecular weight excluding hydrogens is 306 g/mol. The number of ether oxygens (including phenoxy) is 1. The van der Waals surface area contributed by atoms with E-state index in [2.05, 4.69) is 20.2 Å². The van der Waals surface area contributed by atoms with Crippen LogP contribution in [0.15, 0.2) is 12.4 Å². The molecule has 2 aliphatic rings. The van der Waals surface area contributed by atoms with Gasteiger partial charge >= 0.3 is 0 Å². The number of likely N-dealkylation sites (tertiary alicyclic amines) is 1. The van der Waals surface area contributed by atoms with Gasteiger partial charge in [-0.05, 0) is 31.7 Å². The lowest BCUT2D eigenvalue weighted by Crippen LogP contribution is -2.48. The van der Waals surface area contributed by atoms with Crippen molar-refractivity contribution < 1.29 is 9.53 Å². The van der Waals surface area contributed by atoms with Crippen molar-refractivity contribution >= 4 is 11.7 Å². The van der Waals surface area contributed by atoms with Crippen molar-refractivity contribution in [3.63, 3.8) is 0 Å². The highest BCUT2D eigenvalue weighted by Gasteiger charge is 2.25. The van der Waals surface area contributed by atoms with Gasteiger partial charge in [0.2, 0.25) is 5.91 Å². The number of carbonyl (C=O) groups excluding carboxylic acids is 1. The number of anilines is 1. The molecule has 1 atom stereocenters. The van der Waals surface area contributed by atoms with Crippen molar-refractivity contribution in [2.75, 3.05) is 58.3 Å². The number of piperidine rings is 1. The molecule has 132 valence electrons. The van der Waals surface area contributed by atoms with Crippen LogP contribution < -0.4 is 5.32 Å². The summed E-state index contributed by atoms with van der Waals surface area (Å²) >= 11 is 0. The van der Waals surface area contributed by atoms with Crippen LogP contribution in [-0.2, 0) is 16.0 Å². The van der Waals surface area contributed by atoms with Crippen LogP contribution in [0.3, 0.4) is 0 Å². The van der Waals surface area contributed by atoms with Crippen molar-refractivity contribution in [2.24, 2.45) is 5.92 Å². The second-order valence-corrected chi connectivity index (χ2v) is 6.54. The van der Waals surface area contributed by atoms with Gasteiger partial charge in [-0.15, -0.1) is 0 Å². The standard InChI is InChI=1S/C17H27N5O2/c1-18-17-15(19-4-5-20-17)11-14-3-2-6-21(12-14)13-16(23)22-7-9-24-10-8-22/h4-5,14H,2-3,6-13H2,1H3,(H,18,20)/t14-/m1/s1. The molecule has 0 aliphatic carbocycles. The van der Waals surface area contributed by atoms with Crippen LogP contribution in [0.25, 0.3) is 0 Å². The van der Waals surface area contributed by atoms with Gasteiger partial charge in [0.05, 0.1) is 25.5 Å². The fraction of sp³-hybridized carbons (Fsp3) is 0.706. The summed E-state index contributed by atoms with van der Waals surface area (Å²) in [6.45, 7) is 5.25. The van der Waals surface area contributed by atoms with Crippen molar-refractivity contribution in [3.8, 4) is 0 Å². The van der Waals surface area contributed by atoms with E-state index >= 15 is 0 Å². The van der Waals surface area contributed by atoms with E-state index in [0.29, 0.717) is 25.7 Å². The Kier molecular flexibility index (Phi) is 5.98. The molecule has 0 aromatic carbocycles. The lowest BCUT2D eigenvalue weighted by atomic mass is 9.93. The number of rotatable bonds is 5. The molecule has 0 saturated carbocycles. The number of carbonyl (C=O) groups is 1. The molecule has 1 aromatic heterocycles. The average molecular weight is 333 g/mol. The largest absolute Gasteiger partial charge is 0.378 e. The molecule has 7 heteroatoms. The van der Waals surface area contributed by atoms with Gasteiger partial charge in [-0.25, -0.2) is 4.98 Å². The molecule has 1 aromatic rings. The minimum atomic E-state index is 0.231. The fourth-order valence-corrected chi connectivity index (χ4v) is 3.56. The first-order chi connectivity index (χ1) is 11.8. The Bertz CT molecular complexity index is 548. The predicted molar refractivity (Wildman–Crippen MR) is 91.8 cm³/mol. The maximum absolute atomic E-state index is 12.4. The maximum Gasteiger partial charge on any atom is 0.236 e. The molecule has 0 spiro atoms. The first kappa shape index (κ1) is 17.1. The number of hydrogen-bond acceptors (Lipinski definition) is 6. The quantitative estimate of drug-likeness (QED) is 0.852. The molecule has 0 bridgehead atoms. The van der Waals surface area contributed by atoms with Crippen LogP contribution in [0.4, 0.5) is 5.82 Å². The van der Waals surface area contributed by atoms with E-state index in [1.807, 2.05) is 11.9 Å². The summed E-state index contributed by atoms with van der Waals surface area (Å²) in [6.07, 6.45) is 6.69. The summed E-state index contributed by atoms with van der Waals surface area (Å²) in [5, 5.41) is 3.11. The van der Waals surface area contributed by atoms with Gasteiger partial charge in [0.15, 0.2) is 0 Å². The molecule has 1 N–H and O–H groups in total. The zero-order valence-electron chi connectivity index (χ0n) is 14.4. The molecule has 2 saturated heterocycles. The van der Waals surface area contributed by atoms with Gasteiger partial charge in [-0.2, -0.15) is 0 Å². The first-order valence-corrected chi connectivity index (χ1v) is 8.82. The lowest BCUT2D eigenvalue weighted by Gasteiger charge is -2.34. The molecule has 7 nitrogen and oxygen atoms in total. The number of nitrogens with zero attached hydrogens (tertiary/aromatic N) is 4. The highest BCUT2D eigenvalue weighted by atomic mass is 16.5. The third-order valence-electron chi connectivity index (χ3n) is 4.82. The van der Waals surface area contributed by atoms with Crippen molar-refractivity contribution in [3.05, 3.63) is 18.1 Å². The molecular formula is C17H27N5O2. The van der Waals surface area contributed by atoms with Crippen LogP contribution in [0.5, 0.6) is 0 Å². The number of morpholine rings is 1. The Labute approximate surface area is 143 Å². The molecule has 3 heterocycles. The van der Waals surface area contributed by atoms with Gasteiger partial charge in [-0.1, -0.05) is 0 Å². The highest BCUT2D eigenvalue weighted by Crippen LogP contribution is 2.22. The van der Waals surface area contributed by atoms with E-state index in [0.717, 1.165) is 50.5 Å². The Morgan fingerprint density at radius 3 is 2.88 bits per heavy atom. The second kappa shape index (κ2) is 8.39.